The molecule has 0 aromatic carbocycles. The molecule has 0 spiro atoms. The van der Waals surface area contributed by atoms with Crippen LogP contribution in [-0.4, -0.2) is 39.1 Å². The van der Waals surface area contributed by atoms with Crippen LogP contribution in [0.4, 0.5) is 0 Å². The van der Waals surface area contributed by atoms with Gasteiger partial charge in [0.25, 0.3) is 0 Å². The van der Waals surface area contributed by atoms with E-state index in [0.29, 0.717) is 0 Å². The van der Waals surface area contributed by atoms with Gasteiger partial charge < -0.3 is 14.3 Å². The molecular formula is C13H21Cl2N5O. The number of nitrogens with zero attached hydrogens (tertiary/aromatic N) is 4. The van der Waals surface area contributed by atoms with Crippen LogP contribution >= 0.6 is 24.8 Å². The van der Waals surface area contributed by atoms with Gasteiger partial charge in [-0.3, -0.25) is 4.90 Å². The summed E-state index contributed by atoms with van der Waals surface area (Å²) >= 11 is 0. The van der Waals surface area contributed by atoms with Crippen molar-refractivity contribution in [2.45, 2.75) is 19.5 Å². The zero-order valence-corrected chi connectivity index (χ0v) is 13.8. The Balaban J connectivity index is 0.00000110. The minimum atomic E-state index is 0. The Kier molecular flexibility index (Phi) is 6.67. The maximum absolute atomic E-state index is 5.58. The highest BCUT2D eigenvalue weighted by molar-refractivity contribution is 5.85. The minimum absolute atomic E-state index is 0. The van der Waals surface area contributed by atoms with Crippen LogP contribution < -0.4 is 5.32 Å². The first-order valence-electron chi connectivity index (χ1n) is 6.57. The standard InChI is InChI=1S/C13H19N5O.2ClH/c1-10-7-16-12(19-10)9-18-6-3-14-8-11(18)13-15-4-5-17(13)2;;/h4-5,7,11,14H,3,6,8-9H2,1-2H3;2*1H. The summed E-state index contributed by atoms with van der Waals surface area (Å²) in [7, 11) is 2.03. The Morgan fingerprint density at radius 1 is 1.38 bits per heavy atom. The molecule has 0 radical (unpaired) electrons. The molecular weight excluding hydrogens is 313 g/mol. The summed E-state index contributed by atoms with van der Waals surface area (Å²) in [6.45, 7) is 5.52. The third kappa shape index (κ3) is 3.97. The van der Waals surface area contributed by atoms with Crippen molar-refractivity contribution in [3.63, 3.8) is 0 Å². The molecule has 2 aromatic heterocycles. The third-order valence-electron chi connectivity index (χ3n) is 3.52. The Bertz CT molecular complexity index is 556. The smallest absolute Gasteiger partial charge is 0.208 e. The summed E-state index contributed by atoms with van der Waals surface area (Å²) in [4.78, 5) is 11.1. The van der Waals surface area contributed by atoms with Gasteiger partial charge >= 0.3 is 0 Å². The first-order valence-corrected chi connectivity index (χ1v) is 6.57. The summed E-state index contributed by atoms with van der Waals surface area (Å²) in [5.41, 5.74) is 0. The first kappa shape index (κ1) is 18.0. The van der Waals surface area contributed by atoms with E-state index in [-0.39, 0.29) is 30.9 Å². The molecule has 1 aliphatic heterocycles. The predicted octanol–water partition coefficient (Wildman–Crippen LogP) is 1.71. The van der Waals surface area contributed by atoms with Crippen molar-refractivity contribution < 1.29 is 4.42 Å². The van der Waals surface area contributed by atoms with E-state index in [2.05, 4.69) is 24.8 Å². The fourth-order valence-corrected chi connectivity index (χ4v) is 2.54. The van der Waals surface area contributed by atoms with Gasteiger partial charge in [0.2, 0.25) is 5.89 Å². The van der Waals surface area contributed by atoms with E-state index in [0.717, 1.165) is 43.7 Å². The zero-order chi connectivity index (χ0) is 13.2. The van der Waals surface area contributed by atoms with Gasteiger partial charge in [-0.25, -0.2) is 9.97 Å². The van der Waals surface area contributed by atoms with Crippen LogP contribution in [0.2, 0.25) is 0 Å². The predicted molar refractivity (Wildman–Crippen MR) is 85.0 cm³/mol. The number of hydrogen-bond acceptors (Lipinski definition) is 5. The van der Waals surface area contributed by atoms with Crippen molar-refractivity contribution in [3.05, 3.63) is 36.1 Å². The van der Waals surface area contributed by atoms with Crippen LogP contribution in [0.3, 0.4) is 0 Å². The van der Waals surface area contributed by atoms with Crippen molar-refractivity contribution in [2.75, 3.05) is 19.6 Å². The van der Waals surface area contributed by atoms with E-state index < -0.39 is 0 Å². The lowest BCUT2D eigenvalue weighted by Gasteiger charge is -2.34. The Labute approximate surface area is 136 Å². The molecule has 118 valence electrons. The maximum atomic E-state index is 5.58. The van der Waals surface area contributed by atoms with Crippen LogP contribution in [-0.2, 0) is 13.6 Å². The third-order valence-corrected chi connectivity index (χ3v) is 3.52. The van der Waals surface area contributed by atoms with Crippen molar-refractivity contribution in [1.29, 1.82) is 0 Å². The van der Waals surface area contributed by atoms with Crippen LogP contribution in [0.25, 0.3) is 0 Å². The largest absolute Gasteiger partial charge is 0.445 e. The van der Waals surface area contributed by atoms with Crippen molar-refractivity contribution in [1.82, 2.24) is 24.8 Å². The molecule has 0 amide bonds. The topological polar surface area (TPSA) is 59.1 Å². The number of rotatable bonds is 3. The van der Waals surface area contributed by atoms with Gasteiger partial charge in [-0.05, 0) is 6.92 Å². The van der Waals surface area contributed by atoms with Gasteiger partial charge in [0, 0.05) is 39.1 Å². The highest BCUT2D eigenvalue weighted by atomic mass is 35.5. The fraction of sp³-hybridized carbons (Fsp3) is 0.538. The van der Waals surface area contributed by atoms with E-state index >= 15 is 0 Å². The molecule has 3 rings (SSSR count). The van der Waals surface area contributed by atoms with Crippen molar-refractivity contribution >= 4 is 24.8 Å². The van der Waals surface area contributed by atoms with E-state index in [9.17, 15) is 0 Å². The molecule has 6 nitrogen and oxygen atoms in total. The lowest BCUT2D eigenvalue weighted by atomic mass is 10.1. The second kappa shape index (κ2) is 7.79. The molecule has 1 N–H and O–H groups in total. The molecule has 0 saturated carbocycles. The second-order valence-electron chi connectivity index (χ2n) is 4.95. The van der Waals surface area contributed by atoms with Crippen molar-refractivity contribution in [3.8, 4) is 0 Å². The number of nitrogens with one attached hydrogen (secondary N) is 1. The fourth-order valence-electron chi connectivity index (χ4n) is 2.54. The second-order valence-corrected chi connectivity index (χ2v) is 4.95. The molecule has 1 saturated heterocycles. The van der Waals surface area contributed by atoms with E-state index in [1.54, 1.807) is 6.20 Å². The molecule has 0 aliphatic carbocycles. The Morgan fingerprint density at radius 3 is 2.81 bits per heavy atom. The van der Waals surface area contributed by atoms with Gasteiger partial charge in [0.1, 0.15) is 11.6 Å². The number of imidazole rings is 1. The Hall–Kier alpha value is -1.08. The van der Waals surface area contributed by atoms with E-state index in [1.807, 2.05) is 26.4 Å². The summed E-state index contributed by atoms with van der Waals surface area (Å²) < 4.78 is 7.66. The summed E-state index contributed by atoms with van der Waals surface area (Å²) in [6.07, 6.45) is 5.60. The van der Waals surface area contributed by atoms with Gasteiger partial charge in [-0.15, -0.1) is 24.8 Å². The average molecular weight is 334 g/mol. The first-order chi connectivity index (χ1) is 9.24. The number of piperazine rings is 1. The molecule has 8 heteroatoms. The van der Waals surface area contributed by atoms with Crippen molar-refractivity contribution in [2.24, 2.45) is 7.05 Å². The van der Waals surface area contributed by atoms with Crippen LogP contribution in [0.5, 0.6) is 0 Å². The number of hydrogen-bond donors (Lipinski definition) is 1. The van der Waals surface area contributed by atoms with E-state index in [4.69, 9.17) is 4.42 Å². The molecule has 1 fully saturated rings. The lowest BCUT2D eigenvalue weighted by Crippen LogP contribution is -2.46. The number of aromatic nitrogens is 3. The molecule has 0 bridgehead atoms. The number of aryl methyl sites for hydroxylation is 2. The normalized spacial score (nSPS) is 18.9. The molecule has 1 unspecified atom stereocenters. The molecule has 1 aliphatic rings. The molecule has 21 heavy (non-hydrogen) atoms. The van der Waals surface area contributed by atoms with Crippen LogP contribution in [0.15, 0.2) is 23.0 Å². The summed E-state index contributed by atoms with van der Waals surface area (Å²) in [5, 5.41) is 3.43. The maximum Gasteiger partial charge on any atom is 0.208 e. The minimum Gasteiger partial charge on any atom is -0.445 e. The summed E-state index contributed by atoms with van der Waals surface area (Å²) in [5.74, 6) is 2.72. The van der Waals surface area contributed by atoms with Crippen LogP contribution in [0, 0.1) is 6.92 Å². The SMILES string of the molecule is Cc1cnc(CN2CCNCC2c2nccn2C)o1.Cl.Cl. The highest BCUT2D eigenvalue weighted by Gasteiger charge is 2.27. The summed E-state index contributed by atoms with van der Waals surface area (Å²) in [6, 6.07) is 0.265. The lowest BCUT2D eigenvalue weighted by molar-refractivity contribution is 0.131. The van der Waals surface area contributed by atoms with E-state index in [1.165, 1.54) is 0 Å². The number of halogens is 2. The zero-order valence-electron chi connectivity index (χ0n) is 12.2. The highest BCUT2D eigenvalue weighted by Crippen LogP contribution is 2.22. The van der Waals surface area contributed by atoms with Gasteiger partial charge in [-0.2, -0.15) is 0 Å². The molecule has 3 heterocycles. The van der Waals surface area contributed by atoms with Gasteiger partial charge in [0.05, 0.1) is 18.8 Å². The molecule has 1 atom stereocenters. The van der Waals surface area contributed by atoms with Crippen LogP contribution in [0.1, 0.15) is 23.5 Å². The Morgan fingerprint density at radius 2 is 2.19 bits per heavy atom. The van der Waals surface area contributed by atoms with Gasteiger partial charge in [0.15, 0.2) is 0 Å². The van der Waals surface area contributed by atoms with Gasteiger partial charge in [-0.1, -0.05) is 0 Å². The molecule has 2 aromatic rings. The monoisotopic (exact) mass is 333 g/mol. The number of oxazole rings is 1. The average Bonchev–Trinajstić information content (AvgIpc) is 2.99. The quantitative estimate of drug-likeness (QED) is 0.926.